The topological polar surface area (TPSA) is 12.0 Å². The molecule has 2 heteroatoms. The van der Waals surface area contributed by atoms with E-state index in [0.29, 0.717) is 0 Å². The first-order chi connectivity index (χ1) is 6.45. The largest absolute Gasteiger partial charge is 0.304 e. The number of nitrogens with one attached hydrogen (secondary N) is 1. The molecule has 0 aliphatic rings. The fourth-order valence-electron chi connectivity index (χ4n) is 1.32. The van der Waals surface area contributed by atoms with E-state index in [2.05, 4.69) is 66.3 Å². The second-order valence-corrected chi connectivity index (χ2v) is 5.44. The summed E-state index contributed by atoms with van der Waals surface area (Å²) in [5, 5.41) is 3.16. The van der Waals surface area contributed by atoms with Gasteiger partial charge < -0.3 is 5.32 Å². The third kappa shape index (κ3) is 2.82. The van der Waals surface area contributed by atoms with Crippen LogP contribution in [-0.2, 0) is 5.41 Å². The molecule has 0 bridgehead atoms. The van der Waals surface area contributed by atoms with Crippen LogP contribution in [0.15, 0.2) is 24.3 Å². The van der Waals surface area contributed by atoms with E-state index in [1.165, 1.54) is 11.1 Å². The van der Waals surface area contributed by atoms with Crippen molar-refractivity contribution in [2.24, 2.45) is 0 Å². The summed E-state index contributed by atoms with van der Waals surface area (Å²) in [7, 11) is 1.94. The summed E-state index contributed by atoms with van der Waals surface area (Å²) in [5.41, 5.74) is 2.87. The van der Waals surface area contributed by atoms with Crippen LogP contribution >= 0.6 is 15.9 Å². The number of hydrogen-bond donors (Lipinski definition) is 1. The molecule has 0 heterocycles. The van der Waals surface area contributed by atoms with Crippen LogP contribution < -0.4 is 5.32 Å². The third-order valence-electron chi connectivity index (χ3n) is 2.32. The lowest BCUT2D eigenvalue weighted by molar-refractivity contribution is 0.590. The van der Waals surface area contributed by atoms with Crippen molar-refractivity contribution >= 4 is 15.9 Å². The predicted octanol–water partition coefficient (Wildman–Crippen LogP) is 3.60. The Balaban J connectivity index is 2.89. The van der Waals surface area contributed by atoms with Crippen LogP contribution in [0.3, 0.4) is 0 Å². The van der Waals surface area contributed by atoms with E-state index in [1.54, 1.807) is 0 Å². The fourth-order valence-corrected chi connectivity index (χ4v) is 1.62. The quantitative estimate of drug-likeness (QED) is 0.629. The lowest BCUT2D eigenvalue weighted by atomic mass is 9.87. The third-order valence-corrected chi connectivity index (χ3v) is 3.31. The molecule has 78 valence electrons. The van der Waals surface area contributed by atoms with Crippen molar-refractivity contribution in [2.45, 2.75) is 31.1 Å². The number of halogens is 1. The van der Waals surface area contributed by atoms with Crippen molar-refractivity contribution in [2.75, 3.05) is 7.05 Å². The Kier molecular flexibility index (Phi) is 3.73. The Morgan fingerprint density at radius 3 is 2.00 bits per heavy atom. The second-order valence-electron chi connectivity index (χ2n) is 4.52. The molecule has 0 saturated heterocycles. The maximum Gasteiger partial charge on any atom is 0.0884 e. The highest BCUT2D eigenvalue weighted by Crippen LogP contribution is 2.25. The van der Waals surface area contributed by atoms with Gasteiger partial charge in [0.2, 0.25) is 0 Å². The summed E-state index contributed by atoms with van der Waals surface area (Å²) in [6.07, 6.45) is 0. The molecule has 0 spiro atoms. The van der Waals surface area contributed by atoms with E-state index in [-0.39, 0.29) is 10.4 Å². The lowest BCUT2D eigenvalue weighted by Crippen LogP contribution is -2.12. The van der Waals surface area contributed by atoms with Gasteiger partial charge in [0.1, 0.15) is 0 Å². The van der Waals surface area contributed by atoms with E-state index < -0.39 is 0 Å². The van der Waals surface area contributed by atoms with Crippen LogP contribution in [0.1, 0.15) is 36.8 Å². The van der Waals surface area contributed by atoms with Crippen molar-refractivity contribution in [1.29, 1.82) is 0 Å². The molecule has 1 rings (SSSR count). The highest BCUT2D eigenvalue weighted by molar-refractivity contribution is 9.09. The molecule has 0 aliphatic carbocycles. The minimum atomic E-state index is 0.236. The highest BCUT2D eigenvalue weighted by atomic mass is 79.9. The van der Waals surface area contributed by atoms with Gasteiger partial charge in [0, 0.05) is 0 Å². The van der Waals surface area contributed by atoms with Crippen LogP contribution in [0.2, 0.25) is 0 Å². The first kappa shape index (κ1) is 11.7. The Bertz CT molecular complexity index is 284. The molecule has 0 saturated carbocycles. The Hall–Kier alpha value is -0.340. The van der Waals surface area contributed by atoms with Gasteiger partial charge in [0.15, 0.2) is 0 Å². The Labute approximate surface area is 95.0 Å². The Morgan fingerprint density at radius 1 is 1.14 bits per heavy atom. The monoisotopic (exact) mass is 255 g/mol. The molecule has 1 unspecified atom stereocenters. The van der Waals surface area contributed by atoms with Gasteiger partial charge >= 0.3 is 0 Å². The minimum Gasteiger partial charge on any atom is -0.304 e. The number of rotatable bonds is 2. The van der Waals surface area contributed by atoms with Crippen LogP contribution in [0.5, 0.6) is 0 Å². The zero-order valence-electron chi connectivity index (χ0n) is 9.26. The summed E-state index contributed by atoms with van der Waals surface area (Å²) in [5.74, 6) is 0. The Morgan fingerprint density at radius 2 is 1.64 bits per heavy atom. The number of alkyl halides is 1. The van der Waals surface area contributed by atoms with Gasteiger partial charge in [-0.15, -0.1) is 0 Å². The number of hydrogen-bond acceptors (Lipinski definition) is 1. The molecular formula is C12H18BrN. The van der Waals surface area contributed by atoms with Gasteiger partial charge in [-0.3, -0.25) is 0 Å². The molecular weight excluding hydrogens is 238 g/mol. The standard InChI is InChI=1S/C12H18BrN/c1-12(2,3)10-7-5-9(6-8-10)11(13)14-4/h5-8,11,14H,1-4H3. The molecule has 1 atom stereocenters. The SMILES string of the molecule is CNC(Br)c1ccc(C(C)(C)C)cc1. The number of benzene rings is 1. The summed E-state index contributed by atoms with van der Waals surface area (Å²) in [4.78, 5) is 0.247. The van der Waals surface area contributed by atoms with Gasteiger partial charge in [-0.05, 0) is 23.6 Å². The van der Waals surface area contributed by atoms with E-state index in [0.717, 1.165) is 0 Å². The van der Waals surface area contributed by atoms with E-state index in [1.807, 2.05) is 7.05 Å². The maximum absolute atomic E-state index is 3.55. The maximum atomic E-state index is 3.55. The highest BCUT2D eigenvalue weighted by Gasteiger charge is 2.13. The average molecular weight is 256 g/mol. The molecule has 0 amide bonds. The van der Waals surface area contributed by atoms with E-state index in [9.17, 15) is 0 Å². The van der Waals surface area contributed by atoms with Crippen LogP contribution in [-0.4, -0.2) is 7.05 Å². The van der Waals surface area contributed by atoms with E-state index in [4.69, 9.17) is 0 Å². The summed E-state index contributed by atoms with van der Waals surface area (Å²) < 4.78 is 0. The van der Waals surface area contributed by atoms with Crippen LogP contribution in [0, 0.1) is 0 Å². The molecule has 1 aromatic rings. The van der Waals surface area contributed by atoms with Crippen molar-refractivity contribution < 1.29 is 0 Å². The molecule has 14 heavy (non-hydrogen) atoms. The van der Waals surface area contributed by atoms with Gasteiger partial charge in [0.25, 0.3) is 0 Å². The normalized spacial score (nSPS) is 14.1. The zero-order valence-corrected chi connectivity index (χ0v) is 10.9. The van der Waals surface area contributed by atoms with Gasteiger partial charge in [-0.25, -0.2) is 0 Å². The first-order valence-electron chi connectivity index (χ1n) is 4.87. The fraction of sp³-hybridized carbons (Fsp3) is 0.500. The summed E-state index contributed by atoms with van der Waals surface area (Å²) in [6.45, 7) is 6.68. The van der Waals surface area contributed by atoms with Crippen LogP contribution in [0.25, 0.3) is 0 Å². The lowest BCUT2D eigenvalue weighted by Gasteiger charge is -2.19. The predicted molar refractivity (Wildman–Crippen MR) is 65.9 cm³/mol. The average Bonchev–Trinajstić information content (AvgIpc) is 2.15. The van der Waals surface area contributed by atoms with Crippen molar-refractivity contribution in [3.63, 3.8) is 0 Å². The molecule has 0 aliphatic heterocycles. The summed E-state index contributed by atoms with van der Waals surface area (Å²) in [6, 6.07) is 8.72. The molecule has 0 fully saturated rings. The van der Waals surface area contributed by atoms with Crippen LogP contribution in [0.4, 0.5) is 0 Å². The van der Waals surface area contributed by atoms with Gasteiger partial charge in [0.05, 0.1) is 4.95 Å². The van der Waals surface area contributed by atoms with Gasteiger partial charge in [-0.1, -0.05) is 61.0 Å². The minimum absolute atomic E-state index is 0.236. The molecule has 1 aromatic carbocycles. The second kappa shape index (κ2) is 4.45. The van der Waals surface area contributed by atoms with Crippen molar-refractivity contribution in [1.82, 2.24) is 5.32 Å². The molecule has 1 N–H and O–H groups in total. The van der Waals surface area contributed by atoms with Gasteiger partial charge in [-0.2, -0.15) is 0 Å². The van der Waals surface area contributed by atoms with Crippen molar-refractivity contribution in [3.05, 3.63) is 35.4 Å². The first-order valence-corrected chi connectivity index (χ1v) is 5.78. The van der Waals surface area contributed by atoms with E-state index >= 15 is 0 Å². The molecule has 0 aromatic heterocycles. The zero-order chi connectivity index (χ0) is 10.8. The molecule has 1 nitrogen and oxygen atoms in total. The van der Waals surface area contributed by atoms with Crippen molar-refractivity contribution in [3.8, 4) is 0 Å². The smallest absolute Gasteiger partial charge is 0.0884 e. The summed E-state index contributed by atoms with van der Waals surface area (Å²) >= 11 is 3.55. The molecule has 0 radical (unpaired) electrons.